The maximum atomic E-state index is 12.6. The van der Waals surface area contributed by atoms with Gasteiger partial charge in [0.15, 0.2) is 0 Å². The summed E-state index contributed by atoms with van der Waals surface area (Å²) in [5.41, 5.74) is -3.08. The number of rotatable bonds is 1. The van der Waals surface area contributed by atoms with Crippen molar-refractivity contribution in [1.82, 2.24) is 9.55 Å². The summed E-state index contributed by atoms with van der Waals surface area (Å²) in [7, 11) is 0. The number of H-pyrrole nitrogens is 1. The molecule has 2 aromatic rings. The van der Waals surface area contributed by atoms with Crippen LogP contribution in [0.1, 0.15) is 18.5 Å². The molecule has 1 heterocycles. The zero-order valence-corrected chi connectivity index (χ0v) is 10.2. The molecule has 1 N–H and O–H groups in total. The molecular weight excluding hydrogens is 275 g/mol. The van der Waals surface area contributed by atoms with Crippen LogP contribution in [0.25, 0.3) is 11.0 Å². The van der Waals surface area contributed by atoms with Gasteiger partial charge in [-0.25, -0.2) is 0 Å². The third-order valence-electron chi connectivity index (χ3n) is 2.82. The predicted molar refractivity (Wildman–Crippen MR) is 64.2 cm³/mol. The van der Waals surface area contributed by atoms with Gasteiger partial charge < -0.3 is 4.98 Å². The highest BCUT2D eigenvalue weighted by molar-refractivity contribution is 5.75. The number of fused-ring (bicyclic) bond motifs is 1. The largest absolute Gasteiger partial charge is 0.416 e. The molecule has 0 saturated heterocycles. The maximum absolute atomic E-state index is 12.6. The first kappa shape index (κ1) is 13.9. The molecule has 0 aliphatic heterocycles. The van der Waals surface area contributed by atoms with E-state index < -0.39 is 28.9 Å². The number of nitrogens with zero attached hydrogens (tertiary/aromatic N) is 2. The molecule has 20 heavy (non-hydrogen) atoms. The van der Waals surface area contributed by atoms with Gasteiger partial charge in [-0.05, 0) is 25.1 Å². The summed E-state index contributed by atoms with van der Waals surface area (Å²) in [6.45, 7) is 1.37. The fourth-order valence-corrected chi connectivity index (χ4v) is 1.86. The fraction of sp³-hybridized carbons (Fsp3) is 0.250. The Hall–Kier alpha value is -2.56. The van der Waals surface area contributed by atoms with E-state index in [1.807, 2.05) is 0 Å². The van der Waals surface area contributed by atoms with Crippen molar-refractivity contribution < 1.29 is 13.2 Å². The second-order valence-corrected chi connectivity index (χ2v) is 4.16. The van der Waals surface area contributed by atoms with Crippen LogP contribution in [0.5, 0.6) is 0 Å². The van der Waals surface area contributed by atoms with Gasteiger partial charge in [-0.3, -0.25) is 14.2 Å². The summed E-state index contributed by atoms with van der Waals surface area (Å²) in [6.07, 6.45) is -4.56. The molecule has 0 amide bonds. The van der Waals surface area contributed by atoms with E-state index in [4.69, 9.17) is 5.26 Å². The Bertz CT molecular complexity index is 827. The van der Waals surface area contributed by atoms with Crippen LogP contribution in [0.2, 0.25) is 0 Å². The predicted octanol–water partition coefficient (Wildman–Crippen LogP) is 1.79. The summed E-state index contributed by atoms with van der Waals surface area (Å²) < 4.78 is 38.7. The van der Waals surface area contributed by atoms with Crippen molar-refractivity contribution in [3.63, 3.8) is 0 Å². The Kier molecular flexibility index (Phi) is 3.13. The van der Waals surface area contributed by atoms with E-state index >= 15 is 0 Å². The highest BCUT2D eigenvalue weighted by atomic mass is 19.4. The number of aromatic nitrogens is 2. The molecule has 0 spiro atoms. The zero-order chi connectivity index (χ0) is 15.1. The van der Waals surface area contributed by atoms with E-state index in [9.17, 15) is 22.8 Å². The van der Waals surface area contributed by atoms with Gasteiger partial charge in [0, 0.05) is 0 Å². The average Bonchev–Trinajstić information content (AvgIpc) is 2.38. The van der Waals surface area contributed by atoms with Gasteiger partial charge in [-0.15, -0.1) is 0 Å². The second-order valence-electron chi connectivity index (χ2n) is 4.16. The molecule has 0 aliphatic carbocycles. The molecule has 0 aliphatic rings. The number of aromatic amines is 1. The van der Waals surface area contributed by atoms with Crippen molar-refractivity contribution in [3.8, 4) is 6.07 Å². The number of hydrogen-bond acceptors (Lipinski definition) is 3. The van der Waals surface area contributed by atoms with Crippen molar-refractivity contribution >= 4 is 11.0 Å². The number of halogens is 3. The van der Waals surface area contributed by atoms with E-state index in [2.05, 4.69) is 4.98 Å². The van der Waals surface area contributed by atoms with Gasteiger partial charge in [-0.1, -0.05) is 0 Å². The quantitative estimate of drug-likeness (QED) is 0.810. The smallest absolute Gasteiger partial charge is 0.316 e. The molecule has 1 unspecified atom stereocenters. The lowest BCUT2D eigenvalue weighted by molar-refractivity contribution is -0.137. The third kappa shape index (κ3) is 2.18. The monoisotopic (exact) mass is 283 g/mol. The topological polar surface area (TPSA) is 78.7 Å². The highest BCUT2D eigenvalue weighted by Gasteiger charge is 2.31. The molecule has 5 nitrogen and oxygen atoms in total. The van der Waals surface area contributed by atoms with Crippen LogP contribution >= 0.6 is 0 Å². The minimum atomic E-state index is -4.56. The minimum absolute atomic E-state index is 0.0663. The fourth-order valence-electron chi connectivity index (χ4n) is 1.86. The van der Waals surface area contributed by atoms with Crippen LogP contribution < -0.4 is 11.1 Å². The number of hydrogen-bond donors (Lipinski definition) is 1. The van der Waals surface area contributed by atoms with Crippen molar-refractivity contribution in [2.45, 2.75) is 19.1 Å². The van der Waals surface area contributed by atoms with Crippen LogP contribution in [0.4, 0.5) is 13.2 Å². The number of alkyl halides is 3. The molecule has 0 fully saturated rings. The van der Waals surface area contributed by atoms with Gasteiger partial charge in [0.1, 0.15) is 6.04 Å². The molecule has 1 atom stereocenters. The molecule has 8 heteroatoms. The van der Waals surface area contributed by atoms with E-state index in [-0.39, 0.29) is 11.0 Å². The maximum Gasteiger partial charge on any atom is 0.416 e. The molecule has 104 valence electrons. The summed E-state index contributed by atoms with van der Waals surface area (Å²) in [5.74, 6) is 0. The Balaban J connectivity index is 2.88. The van der Waals surface area contributed by atoms with Gasteiger partial charge in [0.05, 0.1) is 22.7 Å². The summed E-state index contributed by atoms with van der Waals surface area (Å²) in [6, 6.07) is 3.39. The van der Waals surface area contributed by atoms with E-state index in [0.29, 0.717) is 0 Å². The zero-order valence-electron chi connectivity index (χ0n) is 10.2. The van der Waals surface area contributed by atoms with Crippen molar-refractivity contribution in [2.75, 3.05) is 0 Å². The van der Waals surface area contributed by atoms with Gasteiger partial charge in [-0.2, -0.15) is 18.4 Å². The van der Waals surface area contributed by atoms with Crippen molar-refractivity contribution in [2.24, 2.45) is 0 Å². The Morgan fingerprint density at radius 3 is 2.55 bits per heavy atom. The van der Waals surface area contributed by atoms with E-state index in [0.717, 1.165) is 22.8 Å². The summed E-state index contributed by atoms with van der Waals surface area (Å²) >= 11 is 0. The number of benzene rings is 1. The molecule has 0 saturated carbocycles. The SMILES string of the molecule is CC(C#N)n1c(=O)c(=O)[nH]c2cc(C(F)(F)F)ccc21. The van der Waals surface area contributed by atoms with E-state index in [1.165, 1.54) is 6.92 Å². The molecule has 1 aromatic carbocycles. The average molecular weight is 283 g/mol. The second kappa shape index (κ2) is 4.52. The van der Waals surface area contributed by atoms with Crippen LogP contribution in [-0.2, 0) is 6.18 Å². The Labute approximate surface area is 109 Å². The lowest BCUT2D eigenvalue weighted by Crippen LogP contribution is -2.37. The number of nitriles is 1. The molecule has 0 bridgehead atoms. The highest BCUT2D eigenvalue weighted by Crippen LogP contribution is 2.30. The lowest BCUT2D eigenvalue weighted by Gasteiger charge is -2.13. The Morgan fingerprint density at radius 2 is 2.00 bits per heavy atom. The standard InChI is InChI=1S/C12H8F3N3O2/c1-6(5-16)18-9-3-2-7(12(13,14)15)4-8(9)17-10(19)11(18)20/h2-4,6H,1H3,(H,17,19). The van der Waals surface area contributed by atoms with Crippen molar-refractivity contribution in [1.29, 1.82) is 5.26 Å². The molecule has 1 aromatic heterocycles. The Morgan fingerprint density at radius 1 is 1.35 bits per heavy atom. The third-order valence-corrected chi connectivity index (χ3v) is 2.82. The molecule has 2 rings (SSSR count). The first-order chi connectivity index (χ1) is 9.25. The molecular formula is C12H8F3N3O2. The van der Waals surface area contributed by atoms with Gasteiger partial charge >= 0.3 is 17.3 Å². The van der Waals surface area contributed by atoms with Crippen LogP contribution in [-0.4, -0.2) is 9.55 Å². The summed E-state index contributed by atoms with van der Waals surface area (Å²) in [4.78, 5) is 25.3. The van der Waals surface area contributed by atoms with Crippen LogP contribution in [0.15, 0.2) is 27.8 Å². The first-order valence-corrected chi connectivity index (χ1v) is 5.51. The molecule has 0 radical (unpaired) electrons. The first-order valence-electron chi connectivity index (χ1n) is 5.51. The lowest BCUT2D eigenvalue weighted by atomic mass is 10.1. The van der Waals surface area contributed by atoms with E-state index in [1.54, 1.807) is 6.07 Å². The van der Waals surface area contributed by atoms with Gasteiger partial charge in [0.25, 0.3) is 0 Å². The summed E-state index contributed by atoms with van der Waals surface area (Å²) in [5, 5.41) is 8.84. The minimum Gasteiger partial charge on any atom is -0.316 e. The van der Waals surface area contributed by atoms with Crippen LogP contribution in [0, 0.1) is 11.3 Å². The normalized spacial score (nSPS) is 13.2. The van der Waals surface area contributed by atoms with Crippen LogP contribution in [0.3, 0.4) is 0 Å². The number of nitrogens with one attached hydrogen (secondary N) is 1. The van der Waals surface area contributed by atoms with Gasteiger partial charge in [0.2, 0.25) is 0 Å². The van der Waals surface area contributed by atoms with Crippen molar-refractivity contribution in [3.05, 3.63) is 44.5 Å².